The Labute approximate surface area is 94.6 Å². The molecular formula is C12H27N3. The van der Waals surface area contributed by atoms with E-state index in [-0.39, 0.29) is 5.54 Å². The minimum Gasteiger partial charge on any atom is -0.329 e. The Morgan fingerprint density at radius 2 is 2.20 bits per heavy atom. The van der Waals surface area contributed by atoms with Gasteiger partial charge in [0.2, 0.25) is 0 Å². The highest BCUT2D eigenvalue weighted by molar-refractivity contribution is 5.01. The van der Waals surface area contributed by atoms with E-state index in [9.17, 15) is 0 Å². The second-order valence-electron chi connectivity index (χ2n) is 5.17. The molecule has 0 saturated carbocycles. The number of likely N-dealkylation sites (N-methyl/N-ethyl adjacent to an activating group) is 2. The van der Waals surface area contributed by atoms with Crippen molar-refractivity contribution in [2.45, 2.75) is 44.7 Å². The molecule has 0 amide bonds. The van der Waals surface area contributed by atoms with Crippen molar-refractivity contribution >= 4 is 0 Å². The van der Waals surface area contributed by atoms with Crippen molar-refractivity contribution in [1.29, 1.82) is 0 Å². The first-order chi connectivity index (χ1) is 7.05. The lowest BCUT2D eigenvalue weighted by Gasteiger charge is -2.38. The largest absolute Gasteiger partial charge is 0.329 e. The van der Waals surface area contributed by atoms with Gasteiger partial charge < -0.3 is 10.6 Å². The summed E-state index contributed by atoms with van der Waals surface area (Å²) in [6.45, 7) is 7.61. The average molecular weight is 213 g/mol. The molecule has 1 aliphatic heterocycles. The monoisotopic (exact) mass is 213 g/mol. The molecule has 15 heavy (non-hydrogen) atoms. The zero-order chi connectivity index (χ0) is 11.5. The third kappa shape index (κ3) is 2.71. The Balaban J connectivity index is 2.61. The Hall–Kier alpha value is -0.120. The molecule has 0 aromatic heterocycles. The third-order valence-corrected chi connectivity index (χ3v) is 4.01. The predicted molar refractivity (Wildman–Crippen MR) is 66.0 cm³/mol. The molecule has 2 N–H and O–H groups in total. The van der Waals surface area contributed by atoms with Crippen molar-refractivity contribution in [3.05, 3.63) is 0 Å². The van der Waals surface area contributed by atoms with E-state index in [1.807, 2.05) is 0 Å². The van der Waals surface area contributed by atoms with E-state index in [1.165, 1.54) is 25.8 Å². The molecule has 1 heterocycles. The number of rotatable bonds is 5. The summed E-state index contributed by atoms with van der Waals surface area (Å²) in [5, 5.41) is 0. The second-order valence-corrected chi connectivity index (χ2v) is 5.17. The summed E-state index contributed by atoms with van der Waals surface area (Å²) in [5.41, 5.74) is 6.22. The van der Waals surface area contributed by atoms with Crippen LogP contribution in [0.4, 0.5) is 0 Å². The fourth-order valence-electron chi connectivity index (χ4n) is 2.60. The first-order valence-electron chi connectivity index (χ1n) is 6.17. The Morgan fingerprint density at radius 1 is 1.53 bits per heavy atom. The molecule has 0 spiro atoms. The number of nitrogens with two attached hydrogens (primary N) is 1. The smallest absolute Gasteiger partial charge is 0.0470 e. The van der Waals surface area contributed by atoms with E-state index in [0.29, 0.717) is 6.04 Å². The lowest BCUT2D eigenvalue weighted by molar-refractivity contribution is 0.132. The lowest BCUT2D eigenvalue weighted by atomic mass is 9.94. The van der Waals surface area contributed by atoms with Gasteiger partial charge in [0.25, 0.3) is 0 Å². The zero-order valence-corrected chi connectivity index (χ0v) is 10.8. The van der Waals surface area contributed by atoms with Crippen molar-refractivity contribution in [3.8, 4) is 0 Å². The Kier molecular flexibility index (Phi) is 4.56. The maximum Gasteiger partial charge on any atom is 0.0470 e. The molecule has 2 atom stereocenters. The van der Waals surface area contributed by atoms with E-state index < -0.39 is 0 Å². The van der Waals surface area contributed by atoms with Crippen LogP contribution in [-0.4, -0.2) is 55.1 Å². The van der Waals surface area contributed by atoms with Crippen LogP contribution in [-0.2, 0) is 0 Å². The molecule has 0 bridgehead atoms. The highest BCUT2D eigenvalue weighted by Crippen LogP contribution is 2.29. The average Bonchev–Trinajstić information content (AvgIpc) is 2.52. The fraction of sp³-hybridized carbons (Fsp3) is 1.00. The molecule has 90 valence electrons. The van der Waals surface area contributed by atoms with Crippen molar-refractivity contribution < 1.29 is 0 Å². The summed E-state index contributed by atoms with van der Waals surface area (Å²) >= 11 is 0. The molecule has 0 aliphatic carbocycles. The number of nitrogens with zero attached hydrogens (tertiary/aromatic N) is 2. The minimum atomic E-state index is 0.226. The van der Waals surface area contributed by atoms with Gasteiger partial charge in [0.05, 0.1) is 0 Å². The summed E-state index contributed by atoms with van der Waals surface area (Å²) in [6.07, 6.45) is 3.74. The topological polar surface area (TPSA) is 32.5 Å². The number of unbranched alkanes of at least 4 members (excludes halogenated alkanes) is 1. The van der Waals surface area contributed by atoms with E-state index in [0.717, 1.165) is 13.1 Å². The van der Waals surface area contributed by atoms with Crippen LogP contribution in [0.3, 0.4) is 0 Å². The van der Waals surface area contributed by atoms with Crippen LogP contribution in [0.25, 0.3) is 0 Å². The summed E-state index contributed by atoms with van der Waals surface area (Å²) in [5.74, 6) is 0. The minimum absolute atomic E-state index is 0.226. The van der Waals surface area contributed by atoms with Crippen LogP contribution < -0.4 is 5.73 Å². The van der Waals surface area contributed by atoms with Crippen molar-refractivity contribution in [3.63, 3.8) is 0 Å². The third-order valence-electron chi connectivity index (χ3n) is 4.01. The van der Waals surface area contributed by atoms with Crippen molar-refractivity contribution in [1.82, 2.24) is 9.80 Å². The molecule has 3 nitrogen and oxygen atoms in total. The standard InChI is InChI=1S/C12H27N3/c1-5-6-7-15(4)12(9-13)8-11(2)14(3)10-12/h11H,5-10,13H2,1-4H3. The highest BCUT2D eigenvalue weighted by Gasteiger charge is 2.42. The van der Waals surface area contributed by atoms with E-state index in [2.05, 4.69) is 37.7 Å². The van der Waals surface area contributed by atoms with Gasteiger partial charge in [-0.1, -0.05) is 13.3 Å². The SMILES string of the molecule is CCCCN(C)C1(CN)CC(C)N(C)C1. The van der Waals surface area contributed by atoms with Crippen LogP contribution in [0.1, 0.15) is 33.1 Å². The zero-order valence-electron chi connectivity index (χ0n) is 10.8. The van der Waals surface area contributed by atoms with Gasteiger partial charge in [-0.25, -0.2) is 0 Å². The lowest BCUT2D eigenvalue weighted by Crippen LogP contribution is -2.54. The summed E-state index contributed by atoms with van der Waals surface area (Å²) < 4.78 is 0. The van der Waals surface area contributed by atoms with Crippen molar-refractivity contribution in [2.24, 2.45) is 5.73 Å². The first kappa shape index (κ1) is 12.9. The van der Waals surface area contributed by atoms with Crippen LogP contribution in [0.5, 0.6) is 0 Å². The molecule has 0 radical (unpaired) electrons. The maximum atomic E-state index is 6.00. The van der Waals surface area contributed by atoms with Crippen LogP contribution >= 0.6 is 0 Å². The van der Waals surface area contributed by atoms with Gasteiger partial charge in [-0.15, -0.1) is 0 Å². The molecule has 0 aromatic carbocycles. The number of hydrogen-bond donors (Lipinski definition) is 1. The fourth-order valence-corrected chi connectivity index (χ4v) is 2.60. The van der Waals surface area contributed by atoms with Gasteiger partial charge in [0.1, 0.15) is 0 Å². The van der Waals surface area contributed by atoms with Crippen LogP contribution in [0.2, 0.25) is 0 Å². The molecular weight excluding hydrogens is 186 g/mol. The predicted octanol–water partition coefficient (Wildman–Crippen LogP) is 1.14. The molecule has 0 aromatic rings. The Morgan fingerprint density at radius 3 is 2.60 bits per heavy atom. The normalized spacial score (nSPS) is 32.8. The van der Waals surface area contributed by atoms with Gasteiger partial charge in [-0.2, -0.15) is 0 Å². The van der Waals surface area contributed by atoms with Crippen LogP contribution in [0, 0.1) is 0 Å². The molecule has 1 fully saturated rings. The van der Waals surface area contributed by atoms with E-state index in [4.69, 9.17) is 5.73 Å². The first-order valence-corrected chi connectivity index (χ1v) is 6.17. The summed E-state index contributed by atoms with van der Waals surface area (Å²) in [7, 11) is 4.43. The van der Waals surface area contributed by atoms with Gasteiger partial charge in [0, 0.05) is 24.7 Å². The van der Waals surface area contributed by atoms with Gasteiger partial charge in [-0.05, 0) is 40.4 Å². The van der Waals surface area contributed by atoms with E-state index in [1.54, 1.807) is 0 Å². The maximum absolute atomic E-state index is 6.00. The van der Waals surface area contributed by atoms with Crippen LogP contribution in [0.15, 0.2) is 0 Å². The summed E-state index contributed by atoms with van der Waals surface area (Å²) in [6, 6.07) is 0.664. The Bertz CT molecular complexity index is 183. The quantitative estimate of drug-likeness (QED) is 0.743. The number of hydrogen-bond acceptors (Lipinski definition) is 3. The van der Waals surface area contributed by atoms with E-state index >= 15 is 0 Å². The second kappa shape index (κ2) is 5.28. The molecule has 1 saturated heterocycles. The van der Waals surface area contributed by atoms with Gasteiger partial charge in [-0.3, -0.25) is 4.90 Å². The molecule has 1 aliphatic rings. The number of likely N-dealkylation sites (tertiary alicyclic amines) is 1. The molecule has 1 rings (SSSR count). The molecule has 3 heteroatoms. The van der Waals surface area contributed by atoms with Gasteiger partial charge >= 0.3 is 0 Å². The molecule has 2 unspecified atom stereocenters. The summed E-state index contributed by atoms with van der Waals surface area (Å²) in [4.78, 5) is 4.91. The van der Waals surface area contributed by atoms with Gasteiger partial charge in [0.15, 0.2) is 0 Å². The highest BCUT2D eigenvalue weighted by atomic mass is 15.3. The van der Waals surface area contributed by atoms with Crippen molar-refractivity contribution in [2.75, 3.05) is 33.7 Å².